The van der Waals surface area contributed by atoms with Gasteiger partial charge in [-0.2, -0.15) is 0 Å². The molecule has 2 aromatic rings. The summed E-state index contributed by atoms with van der Waals surface area (Å²) >= 11 is 5.25. The summed E-state index contributed by atoms with van der Waals surface area (Å²) in [6.07, 6.45) is 0. The van der Waals surface area contributed by atoms with Gasteiger partial charge in [0.05, 0.1) is 0 Å². The molecule has 0 aliphatic carbocycles. The third kappa shape index (κ3) is 3.20. The van der Waals surface area contributed by atoms with Crippen LogP contribution < -0.4 is 13.5 Å². The molecule has 7 heteroatoms. The van der Waals surface area contributed by atoms with E-state index in [2.05, 4.69) is 18.1 Å². The molecule has 1 N–H and O–H groups in total. The summed E-state index contributed by atoms with van der Waals surface area (Å²) in [5, 5.41) is 2.55. The number of amides is 2. The Morgan fingerprint density at radius 1 is 1.15 bits per heavy atom. The van der Waals surface area contributed by atoms with Crippen LogP contribution in [0.2, 0.25) is 0 Å². The SMILES string of the molecule is O=C(Nc1ccccc1)N(S)c1ccc(F)[c]([Ti])c1F. The number of nitrogens with one attached hydrogen (secondary N) is 1. The van der Waals surface area contributed by atoms with Gasteiger partial charge in [-0.3, -0.25) is 0 Å². The minimum absolute atomic E-state index is 0.110. The monoisotopic (exact) mass is 327 g/mol. The second-order valence-corrected chi connectivity index (χ2v) is 5.04. The van der Waals surface area contributed by atoms with Crippen molar-refractivity contribution in [2.75, 3.05) is 9.62 Å². The van der Waals surface area contributed by atoms with Gasteiger partial charge in [0.1, 0.15) is 0 Å². The van der Waals surface area contributed by atoms with E-state index in [0.29, 0.717) is 5.69 Å². The van der Waals surface area contributed by atoms with E-state index in [4.69, 9.17) is 0 Å². The van der Waals surface area contributed by atoms with Crippen LogP contribution in [-0.2, 0) is 20.4 Å². The van der Waals surface area contributed by atoms with E-state index < -0.39 is 17.7 Å². The summed E-state index contributed by atoms with van der Waals surface area (Å²) in [4.78, 5) is 11.9. The van der Waals surface area contributed by atoms with Gasteiger partial charge in [-0.25, -0.2) is 0 Å². The van der Waals surface area contributed by atoms with Crippen LogP contribution in [-0.4, -0.2) is 6.03 Å². The maximum absolute atomic E-state index is 13.9. The van der Waals surface area contributed by atoms with E-state index in [1.807, 2.05) is 0 Å². The average molecular weight is 327 g/mol. The molecule has 0 heterocycles. The van der Waals surface area contributed by atoms with Crippen molar-refractivity contribution in [1.29, 1.82) is 0 Å². The van der Waals surface area contributed by atoms with Crippen molar-refractivity contribution in [1.82, 2.24) is 0 Å². The molecule has 0 spiro atoms. The molecule has 0 atom stereocenters. The quantitative estimate of drug-likeness (QED) is 0.645. The van der Waals surface area contributed by atoms with E-state index in [1.54, 1.807) is 30.3 Å². The molecule has 0 aliphatic rings. The molecule has 2 amide bonds. The summed E-state index contributed by atoms with van der Waals surface area (Å²) < 4.78 is 27.7. The molecule has 3 nitrogen and oxygen atoms in total. The normalized spacial score (nSPS) is 10.1. The Bertz CT molecular complexity index is 640. The van der Waals surface area contributed by atoms with Gasteiger partial charge in [-0.15, -0.1) is 0 Å². The standard InChI is InChI=1S/C13H9F2N2OS.Ti/c14-9-6-7-12(11(15)8-9)17(19)13(18)16-10-4-2-1-3-5-10;/h1-7,19H,(H,16,18);. The number of halogens is 2. The van der Waals surface area contributed by atoms with Crippen molar-refractivity contribution in [3.63, 3.8) is 0 Å². The number of anilines is 2. The van der Waals surface area contributed by atoms with Crippen molar-refractivity contribution in [3.05, 3.63) is 54.1 Å². The van der Waals surface area contributed by atoms with Crippen LogP contribution in [0.25, 0.3) is 0 Å². The molecule has 2 aromatic carbocycles. The Kier molecular flexibility index (Phi) is 4.80. The first kappa shape index (κ1) is 15.0. The Morgan fingerprint density at radius 2 is 1.80 bits per heavy atom. The molecule has 0 radical (unpaired) electrons. The zero-order valence-corrected chi connectivity index (χ0v) is 12.6. The fraction of sp³-hybridized carbons (Fsp3) is 0. The van der Waals surface area contributed by atoms with E-state index >= 15 is 0 Å². The van der Waals surface area contributed by atoms with Gasteiger partial charge in [-0.1, -0.05) is 0 Å². The molecule has 101 valence electrons. The third-order valence-corrected chi connectivity index (χ3v) is 3.63. The molecule has 0 unspecified atom stereocenters. The molecule has 2 rings (SSSR count). The predicted octanol–water partition coefficient (Wildman–Crippen LogP) is 3.02. The van der Waals surface area contributed by atoms with Gasteiger partial charge in [0.25, 0.3) is 0 Å². The van der Waals surface area contributed by atoms with Crippen LogP contribution in [0.3, 0.4) is 0 Å². The van der Waals surface area contributed by atoms with Gasteiger partial charge in [0, 0.05) is 0 Å². The van der Waals surface area contributed by atoms with Crippen LogP contribution in [0.4, 0.5) is 25.0 Å². The Balaban J connectivity index is 2.21. The number of carbonyl (C=O) groups is 1. The van der Waals surface area contributed by atoms with E-state index in [1.165, 1.54) is 20.4 Å². The van der Waals surface area contributed by atoms with Crippen LogP contribution >= 0.6 is 12.8 Å². The van der Waals surface area contributed by atoms with Crippen molar-refractivity contribution >= 4 is 34.1 Å². The first-order chi connectivity index (χ1) is 9.50. The second-order valence-electron chi connectivity index (χ2n) is 3.86. The molecule has 0 bridgehead atoms. The van der Waals surface area contributed by atoms with Crippen LogP contribution in [0.5, 0.6) is 0 Å². The van der Waals surface area contributed by atoms with Gasteiger partial charge in [0.15, 0.2) is 0 Å². The van der Waals surface area contributed by atoms with E-state index in [0.717, 1.165) is 16.4 Å². The fourth-order valence-corrected chi connectivity index (χ4v) is 2.05. The topological polar surface area (TPSA) is 32.3 Å². The molecule has 0 aromatic heterocycles. The number of rotatable bonds is 2. The summed E-state index contributed by atoms with van der Waals surface area (Å²) in [6, 6.07) is 10.3. The number of para-hydroxylation sites is 1. The molecule has 0 saturated carbocycles. The minimum atomic E-state index is -0.816. The molecule has 0 fully saturated rings. The van der Waals surface area contributed by atoms with E-state index in [-0.39, 0.29) is 9.56 Å². The average Bonchev–Trinajstić information content (AvgIpc) is 2.45. The number of nitrogens with zero attached hydrogens (tertiary/aromatic N) is 1. The van der Waals surface area contributed by atoms with Crippen LogP contribution in [0.15, 0.2) is 42.5 Å². The second kappa shape index (κ2) is 6.39. The number of urea groups is 1. The summed E-state index contributed by atoms with van der Waals surface area (Å²) in [5.41, 5.74) is 0.441. The first-order valence-corrected chi connectivity index (χ1v) is 6.73. The molecular formula is C13H9F2N2OSTi. The van der Waals surface area contributed by atoms with Gasteiger partial charge in [-0.05, 0) is 0 Å². The Morgan fingerprint density at radius 3 is 2.45 bits per heavy atom. The molecule has 20 heavy (non-hydrogen) atoms. The Labute approximate surface area is 131 Å². The number of hydrogen-bond acceptors (Lipinski definition) is 2. The van der Waals surface area contributed by atoms with Gasteiger partial charge in [0.2, 0.25) is 0 Å². The van der Waals surface area contributed by atoms with Crippen molar-refractivity contribution < 1.29 is 34.0 Å². The summed E-state index contributed by atoms with van der Waals surface area (Å²) in [6.45, 7) is 0. The zero-order valence-electron chi connectivity index (χ0n) is 10.1. The summed E-state index contributed by atoms with van der Waals surface area (Å²) in [5.74, 6) is -1.49. The summed E-state index contributed by atoms with van der Waals surface area (Å²) in [7, 11) is 0. The first-order valence-electron chi connectivity index (χ1n) is 5.55. The van der Waals surface area contributed by atoms with Gasteiger partial charge >= 0.3 is 132 Å². The Hall–Kier alpha value is -1.37. The van der Waals surface area contributed by atoms with Crippen LogP contribution in [0.1, 0.15) is 0 Å². The van der Waals surface area contributed by atoms with E-state index in [9.17, 15) is 13.6 Å². The van der Waals surface area contributed by atoms with Crippen molar-refractivity contribution in [3.8, 4) is 0 Å². The van der Waals surface area contributed by atoms with Crippen LogP contribution in [0, 0.1) is 11.6 Å². The maximum atomic E-state index is 13.9. The number of carbonyl (C=O) groups excluding carboxylic acids is 1. The molecular weight excluding hydrogens is 318 g/mol. The number of thiol groups is 1. The molecule has 0 aliphatic heterocycles. The fourth-order valence-electron chi connectivity index (χ4n) is 1.51. The number of benzene rings is 2. The third-order valence-electron chi connectivity index (χ3n) is 2.52. The molecule has 0 saturated heterocycles. The van der Waals surface area contributed by atoms with Crippen molar-refractivity contribution in [2.45, 2.75) is 0 Å². The zero-order chi connectivity index (χ0) is 14.7. The predicted molar refractivity (Wildman–Crippen MR) is 72.9 cm³/mol. The number of hydrogen-bond donors (Lipinski definition) is 2. The van der Waals surface area contributed by atoms with Gasteiger partial charge < -0.3 is 0 Å². The van der Waals surface area contributed by atoms with Crippen molar-refractivity contribution in [2.24, 2.45) is 0 Å².